The van der Waals surface area contributed by atoms with Gasteiger partial charge in [-0.2, -0.15) is 0 Å². The predicted molar refractivity (Wildman–Crippen MR) is 116 cm³/mol. The predicted octanol–water partition coefficient (Wildman–Crippen LogP) is 4.53. The van der Waals surface area contributed by atoms with E-state index >= 15 is 0 Å². The molecule has 1 amide bonds. The monoisotopic (exact) mass is 411 g/mol. The second-order valence-corrected chi connectivity index (χ2v) is 8.32. The van der Waals surface area contributed by atoms with Gasteiger partial charge in [0, 0.05) is 42.3 Å². The van der Waals surface area contributed by atoms with E-state index in [1.807, 2.05) is 24.3 Å². The molecule has 152 valence electrons. The second-order valence-electron chi connectivity index (χ2n) is 7.91. The zero-order valence-electron chi connectivity index (χ0n) is 16.7. The fourth-order valence-corrected chi connectivity index (χ4v) is 4.09. The highest BCUT2D eigenvalue weighted by Crippen LogP contribution is 2.29. The van der Waals surface area contributed by atoms with Crippen LogP contribution in [0.5, 0.6) is 0 Å². The van der Waals surface area contributed by atoms with Crippen molar-refractivity contribution in [3.8, 4) is 0 Å². The smallest absolute Gasteiger partial charge is 0.267 e. The fraction of sp³-hybridized carbons (Fsp3) is 0.391. The third kappa shape index (κ3) is 4.40. The first-order valence-electron chi connectivity index (χ1n) is 10.2. The number of nitrogens with zero attached hydrogens (tertiary/aromatic N) is 2. The van der Waals surface area contributed by atoms with Crippen LogP contribution in [0.4, 0.5) is 5.69 Å². The van der Waals surface area contributed by atoms with Crippen molar-refractivity contribution in [3.05, 3.63) is 64.7 Å². The van der Waals surface area contributed by atoms with Gasteiger partial charge < -0.3 is 15.1 Å². The fourth-order valence-electron chi connectivity index (χ4n) is 3.85. The lowest BCUT2D eigenvalue weighted by Gasteiger charge is -2.29. The lowest BCUT2D eigenvalue weighted by atomic mass is 9.95. The van der Waals surface area contributed by atoms with Crippen molar-refractivity contribution in [1.82, 2.24) is 5.32 Å². The number of nitrogens with one attached hydrogen (secondary N) is 1. The van der Waals surface area contributed by atoms with Crippen molar-refractivity contribution >= 4 is 28.9 Å². The third-order valence-electron chi connectivity index (χ3n) is 5.64. The van der Waals surface area contributed by atoms with Crippen LogP contribution in [0.1, 0.15) is 43.7 Å². The molecule has 0 radical (unpaired) electrons. The lowest BCUT2D eigenvalue weighted by Crippen LogP contribution is -2.44. The minimum absolute atomic E-state index is 0.177. The Bertz CT molecular complexity index is 907. The maximum Gasteiger partial charge on any atom is 0.267 e. The molecule has 0 spiro atoms. The Labute approximate surface area is 176 Å². The number of hydrogen-bond acceptors (Lipinski definition) is 4. The summed E-state index contributed by atoms with van der Waals surface area (Å²) < 4.78 is 0. The number of piperidine rings is 1. The Morgan fingerprint density at radius 3 is 2.59 bits per heavy atom. The summed E-state index contributed by atoms with van der Waals surface area (Å²) in [5, 5.41) is 7.71. The molecule has 6 heteroatoms. The quantitative estimate of drug-likeness (QED) is 0.786. The molecule has 0 aromatic heterocycles. The molecule has 2 aromatic rings. The van der Waals surface area contributed by atoms with E-state index in [-0.39, 0.29) is 5.91 Å². The summed E-state index contributed by atoms with van der Waals surface area (Å²) in [6.45, 7) is 4.47. The maximum absolute atomic E-state index is 12.8. The van der Waals surface area contributed by atoms with Gasteiger partial charge in [0.1, 0.15) is 0 Å². The number of carbonyl (C=O) groups is 1. The summed E-state index contributed by atoms with van der Waals surface area (Å²) in [6, 6.07) is 15.9. The largest absolute Gasteiger partial charge is 0.379 e. The molecule has 2 aliphatic rings. The van der Waals surface area contributed by atoms with E-state index in [0.29, 0.717) is 23.7 Å². The Kier molecular flexibility index (Phi) is 5.76. The number of amides is 1. The van der Waals surface area contributed by atoms with Gasteiger partial charge in [0.25, 0.3) is 5.91 Å². The van der Waals surface area contributed by atoms with Gasteiger partial charge in [-0.15, -0.1) is 0 Å². The number of carbonyl (C=O) groups excluding carboxylic acids is 1. The number of oxime groups is 1. The standard InChI is InChI=1S/C23H26ClN3O2/c1-23(15-21(26-29-23)19-7-3-4-8-20(19)24)22(28)25-16-17-9-11-18(12-10-17)27-13-5-2-6-14-27/h3-4,7-12H,2,5-6,13-16H2,1H3,(H,25,28)/t23-/m0/s1. The summed E-state index contributed by atoms with van der Waals surface area (Å²) in [5.41, 5.74) is 2.79. The number of rotatable bonds is 5. The summed E-state index contributed by atoms with van der Waals surface area (Å²) >= 11 is 6.25. The van der Waals surface area contributed by atoms with Crippen LogP contribution >= 0.6 is 11.6 Å². The average molecular weight is 412 g/mol. The zero-order chi connectivity index (χ0) is 20.3. The second kappa shape index (κ2) is 8.46. The highest BCUT2D eigenvalue weighted by Gasteiger charge is 2.42. The lowest BCUT2D eigenvalue weighted by molar-refractivity contribution is -0.141. The van der Waals surface area contributed by atoms with Gasteiger partial charge in [-0.1, -0.05) is 47.1 Å². The van der Waals surface area contributed by atoms with Crippen LogP contribution in [-0.2, 0) is 16.2 Å². The van der Waals surface area contributed by atoms with Crippen LogP contribution in [-0.4, -0.2) is 30.3 Å². The number of benzene rings is 2. The van der Waals surface area contributed by atoms with Crippen LogP contribution in [0.15, 0.2) is 53.7 Å². The maximum atomic E-state index is 12.8. The van der Waals surface area contributed by atoms with Crippen LogP contribution in [0, 0.1) is 0 Å². The van der Waals surface area contributed by atoms with E-state index in [4.69, 9.17) is 16.4 Å². The molecular weight excluding hydrogens is 386 g/mol. The molecule has 5 nitrogen and oxygen atoms in total. The summed E-state index contributed by atoms with van der Waals surface area (Å²) in [7, 11) is 0. The molecule has 1 fully saturated rings. The molecular formula is C23H26ClN3O2. The summed E-state index contributed by atoms with van der Waals surface area (Å²) in [4.78, 5) is 20.7. The van der Waals surface area contributed by atoms with Crippen molar-refractivity contribution in [1.29, 1.82) is 0 Å². The normalized spacial score (nSPS) is 21.4. The number of halogens is 1. The van der Waals surface area contributed by atoms with Crippen LogP contribution in [0.3, 0.4) is 0 Å². The third-order valence-corrected chi connectivity index (χ3v) is 5.97. The van der Waals surface area contributed by atoms with E-state index in [9.17, 15) is 4.79 Å². The van der Waals surface area contributed by atoms with Crippen LogP contribution in [0.2, 0.25) is 5.02 Å². The van der Waals surface area contributed by atoms with Gasteiger partial charge in [-0.3, -0.25) is 4.79 Å². The molecule has 29 heavy (non-hydrogen) atoms. The molecule has 0 unspecified atom stereocenters. The minimum Gasteiger partial charge on any atom is -0.379 e. The van der Waals surface area contributed by atoms with Crippen molar-refractivity contribution in [2.45, 2.75) is 44.8 Å². The first-order chi connectivity index (χ1) is 14.0. The van der Waals surface area contributed by atoms with Gasteiger partial charge in [0.15, 0.2) is 0 Å². The van der Waals surface area contributed by atoms with E-state index < -0.39 is 5.60 Å². The molecule has 2 aromatic carbocycles. The van der Waals surface area contributed by atoms with Crippen LogP contribution < -0.4 is 10.2 Å². The van der Waals surface area contributed by atoms with E-state index in [0.717, 1.165) is 24.2 Å². The van der Waals surface area contributed by atoms with Gasteiger partial charge in [0.05, 0.1) is 5.71 Å². The highest BCUT2D eigenvalue weighted by atomic mass is 35.5. The van der Waals surface area contributed by atoms with Crippen molar-refractivity contribution in [2.24, 2.45) is 5.16 Å². The molecule has 2 heterocycles. The Morgan fingerprint density at radius 1 is 1.14 bits per heavy atom. The molecule has 0 aliphatic carbocycles. The zero-order valence-corrected chi connectivity index (χ0v) is 17.4. The van der Waals surface area contributed by atoms with E-state index in [1.54, 1.807) is 6.92 Å². The first-order valence-corrected chi connectivity index (χ1v) is 10.6. The molecule has 2 aliphatic heterocycles. The minimum atomic E-state index is -1.03. The van der Waals surface area contributed by atoms with E-state index in [1.165, 1.54) is 24.9 Å². The van der Waals surface area contributed by atoms with Gasteiger partial charge >= 0.3 is 0 Å². The first kappa shape index (κ1) is 19.8. The molecule has 0 bridgehead atoms. The number of anilines is 1. The summed E-state index contributed by atoms with van der Waals surface area (Å²) in [5.74, 6) is -0.177. The average Bonchev–Trinajstić information content (AvgIpc) is 3.16. The Hall–Kier alpha value is -2.53. The SMILES string of the molecule is C[C@@]1(C(=O)NCc2ccc(N3CCCCC3)cc2)CC(c2ccccc2Cl)=NO1. The van der Waals surface area contributed by atoms with Crippen molar-refractivity contribution < 1.29 is 9.63 Å². The molecule has 0 saturated carbocycles. The Morgan fingerprint density at radius 2 is 1.86 bits per heavy atom. The van der Waals surface area contributed by atoms with Gasteiger partial charge in [0.2, 0.25) is 5.60 Å². The highest BCUT2D eigenvalue weighted by molar-refractivity contribution is 6.34. The molecule has 1 N–H and O–H groups in total. The van der Waals surface area contributed by atoms with Gasteiger partial charge in [-0.05, 0) is 49.9 Å². The Balaban J connectivity index is 1.33. The topological polar surface area (TPSA) is 53.9 Å². The van der Waals surface area contributed by atoms with Crippen molar-refractivity contribution in [2.75, 3.05) is 18.0 Å². The van der Waals surface area contributed by atoms with E-state index in [2.05, 4.69) is 39.6 Å². The molecule has 1 atom stereocenters. The summed E-state index contributed by atoms with van der Waals surface area (Å²) in [6.07, 6.45) is 4.23. The number of hydrogen-bond donors (Lipinski definition) is 1. The molecule has 1 saturated heterocycles. The molecule has 4 rings (SSSR count). The van der Waals surface area contributed by atoms with Crippen molar-refractivity contribution in [3.63, 3.8) is 0 Å². The van der Waals surface area contributed by atoms with Gasteiger partial charge in [-0.25, -0.2) is 0 Å². The van der Waals surface area contributed by atoms with Crippen LogP contribution in [0.25, 0.3) is 0 Å².